The molecular formula is C4H7NO. The van der Waals surface area contributed by atoms with E-state index in [0.717, 1.165) is 6.42 Å². The third-order valence-electron chi connectivity index (χ3n) is 0.349. The van der Waals surface area contributed by atoms with Gasteiger partial charge >= 0.3 is 0 Å². The molecule has 34 valence electrons. The Morgan fingerprint density at radius 1 is 1.83 bits per heavy atom. The second kappa shape index (κ2) is 4.34. The maximum atomic E-state index is 9.37. The van der Waals surface area contributed by atoms with Crippen LogP contribution in [0.4, 0.5) is 0 Å². The topological polar surface area (TPSA) is 29.4 Å². The van der Waals surface area contributed by atoms with Crippen LogP contribution < -0.4 is 0 Å². The van der Waals surface area contributed by atoms with Crippen molar-refractivity contribution < 1.29 is 4.79 Å². The van der Waals surface area contributed by atoms with E-state index in [-0.39, 0.29) is 0 Å². The number of aliphatic imine (C=N–C) groups is 1. The zero-order chi connectivity index (χ0) is 4.83. The lowest BCUT2D eigenvalue weighted by Crippen LogP contribution is -1.65. The van der Waals surface area contributed by atoms with E-state index in [1.807, 2.05) is 6.92 Å². The molecule has 0 aromatic heterocycles. The Balaban J connectivity index is 2.94. The van der Waals surface area contributed by atoms with Crippen molar-refractivity contribution in [3.8, 4) is 0 Å². The number of carbonyl (C=O) groups excluding carboxylic acids is 1. The lowest BCUT2D eigenvalue weighted by molar-refractivity contribution is -0.106. The van der Waals surface area contributed by atoms with Gasteiger partial charge in [-0.15, -0.1) is 0 Å². The summed E-state index contributed by atoms with van der Waals surface area (Å²) in [5.41, 5.74) is 0. The molecule has 0 heterocycles. The lowest BCUT2D eigenvalue weighted by Gasteiger charge is -1.65. The van der Waals surface area contributed by atoms with Crippen molar-refractivity contribution >= 4 is 12.6 Å². The zero-order valence-electron chi connectivity index (χ0n) is 3.72. The number of hydrogen-bond donors (Lipinski definition) is 0. The second-order valence-corrected chi connectivity index (χ2v) is 0.845. The number of amides is 1. The van der Waals surface area contributed by atoms with Crippen LogP contribution in [0.2, 0.25) is 0 Å². The summed E-state index contributed by atoms with van der Waals surface area (Å²) >= 11 is 0. The summed E-state index contributed by atoms with van der Waals surface area (Å²) < 4.78 is 0. The smallest absolute Gasteiger partial charge is 0.232 e. The molecule has 0 radical (unpaired) electrons. The normalized spacial score (nSPS) is 9.50. The van der Waals surface area contributed by atoms with Crippen LogP contribution in [0.3, 0.4) is 0 Å². The summed E-state index contributed by atoms with van der Waals surface area (Å²) in [5.74, 6) is 0. The maximum absolute atomic E-state index is 9.37. The molecule has 2 nitrogen and oxygen atoms in total. The van der Waals surface area contributed by atoms with E-state index < -0.39 is 0 Å². The molecule has 0 N–H and O–H groups in total. The average molecular weight is 85.1 g/mol. The van der Waals surface area contributed by atoms with Crippen LogP contribution in [0.1, 0.15) is 13.3 Å². The van der Waals surface area contributed by atoms with Crippen molar-refractivity contribution in [3.05, 3.63) is 0 Å². The van der Waals surface area contributed by atoms with E-state index in [9.17, 15) is 4.79 Å². The molecule has 0 aliphatic heterocycles. The molecule has 0 aliphatic carbocycles. The molecule has 0 spiro atoms. The molecule has 0 aromatic rings. The quantitative estimate of drug-likeness (QED) is 0.357. The Hall–Kier alpha value is -0.660. The van der Waals surface area contributed by atoms with E-state index in [1.165, 1.54) is 0 Å². The average Bonchev–Trinajstić information content (AvgIpc) is 1.61. The molecule has 0 unspecified atom stereocenters. The van der Waals surface area contributed by atoms with E-state index in [1.54, 1.807) is 6.21 Å². The van der Waals surface area contributed by atoms with Crippen LogP contribution in [0.5, 0.6) is 0 Å². The highest BCUT2D eigenvalue weighted by molar-refractivity contribution is 5.68. The lowest BCUT2D eigenvalue weighted by atomic mass is 10.5. The fourth-order valence-electron chi connectivity index (χ4n) is 0.148. The van der Waals surface area contributed by atoms with Crippen LogP contribution in [-0.4, -0.2) is 12.6 Å². The minimum Gasteiger partial charge on any atom is -0.276 e. The number of nitrogens with zero attached hydrogens (tertiary/aromatic N) is 1. The molecule has 0 atom stereocenters. The maximum Gasteiger partial charge on any atom is 0.232 e. The van der Waals surface area contributed by atoms with Gasteiger partial charge in [0.1, 0.15) is 0 Å². The summed E-state index contributed by atoms with van der Waals surface area (Å²) in [5, 5.41) is 0. The Morgan fingerprint density at radius 2 is 2.50 bits per heavy atom. The number of carbonyl (C=O) groups is 1. The highest BCUT2D eigenvalue weighted by atomic mass is 16.1. The standard InChI is InChI=1S/C4H7NO/c1-2-3-5-4-6/h3-4H,2H2,1H3/b5-3+. The molecule has 1 amide bonds. The molecule has 0 aliphatic rings. The highest BCUT2D eigenvalue weighted by Crippen LogP contribution is 1.61. The fraction of sp³-hybridized carbons (Fsp3) is 0.500. The predicted molar refractivity (Wildman–Crippen MR) is 24.8 cm³/mol. The van der Waals surface area contributed by atoms with Crippen molar-refractivity contribution in [2.24, 2.45) is 4.99 Å². The molecule has 2 heteroatoms. The minimum absolute atomic E-state index is 0.531. The molecule has 0 bridgehead atoms. The van der Waals surface area contributed by atoms with Gasteiger partial charge in [-0.2, -0.15) is 0 Å². The second-order valence-electron chi connectivity index (χ2n) is 0.845. The van der Waals surface area contributed by atoms with Gasteiger partial charge in [0.2, 0.25) is 6.41 Å². The Morgan fingerprint density at radius 3 is 2.67 bits per heavy atom. The first-order valence-corrected chi connectivity index (χ1v) is 1.87. The van der Waals surface area contributed by atoms with Gasteiger partial charge in [-0.1, -0.05) is 6.92 Å². The van der Waals surface area contributed by atoms with Gasteiger partial charge in [0.25, 0.3) is 0 Å². The third kappa shape index (κ3) is 3.34. The highest BCUT2D eigenvalue weighted by Gasteiger charge is 1.58. The van der Waals surface area contributed by atoms with Crippen molar-refractivity contribution in [3.63, 3.8) is 0 Å². The molecular weight excluding hydrogens is 78.0 g/mol. The molecule has 0 rings (SSSR count). The van der Waals surface area contributed by atoms with Crippen molar-refractivity contribution in [1.29, 1.82) is 0 Å². The van der Waals surface area contributed by atoms with Crippen LogP contribution in [0, 0.1) is 0 Å². The van der Waals surface area contributed by atoms with Crippen molar-refractivity contribution in [1.82, 2.24) is 0 Å². The summed E-state index contributed by atoms with van der Waals surface area (Å²) in [7, 11) is 0. The summed E-state index contributed by atoms with van der Waals surface area (Å²) in [6.45, 7) is 1.92. The Kier molecular flexibility index (Phi) is 3.86. The van der Waals surface area contributed by atoms with Gasteiger partial charge in [0, 0.05) is 6.21 Å². The van der Waals surface area contributed by atoms with Gasteiger partial charge in [-0.3, -0.25) is 4.79 Å². The summed E-state index contributed by atoms with van der Waals surface area (Å²) in [6, 6.07) is 0. The van der Waals surface area contributed by atoms with Gasteiger partial charge in [-0.05, 0) is 6.42 Å². The van der Waals surface area contributed by atoms with Crippen molar-refractivity contribution in [2.75, 3.05) is 0 Å². The largest absolute Gasteiger partial charge is 0.276 e. The van der Waals surface area contributed by atoms with E-state index in [4.69, 9.17) is 0 Å². The number of rotatable bonds is 2. The monoisotopic (exact) mass is 85.1 g/mol. The molecule has 0 saturated heterocycles. The Bertz CT molecular complexity index is 58.6. The first kappa shape index (κ1) is 5.34. The molecule has 0 fully saturated rings. The zero-order valence-corrected chi connectivity index (χ0v) is 3.72. The van der Waals surface area contributed by atoms with E-state index in [0.29, 0.717) is 6.41 Å². The predicted octanol–water partition coefficient (Wildman–Crippen LogP) is 0.624. The van der Waals surface area contributed by atoms with Gasteiger partial charge in [0.15, 0.2) is 0 Å². The van der Waals surface area contributed by atoms with Gasteiger partial charge < -0.3 is 0 Å². The first-order valence-electron chi connectivity index (χ1n) is 1.87. The van der Waals surface area contributed by atoms with Gasteiger partial charge in [0.05, 0.1) is 0 Å². The van der Waals surface area contributed by atoms with Crippen molar-refractivity contribution in [2.45, 2.75) is 13.3 Å². The van der Waals surface area contributed by atoms with Crippen LogP contribution >= 0.6 is 0 Å². The van der Waals surface area contributed by atoms with E-state index >= 15 is 0 Å². The van der Waals surface area contributed by atoms with Crippen LogP contribution in [0.15, 0.2) is 4.99 Å². The third-order valence-corrected chi connectivity index (χ3v) is 0.349. The molecule has 6 heavy (non-hydrogen) atoms. The summed E-state index contributed by atoms with van der Waals surface area (Å²) in [4.78, 5) is 12.7. The van der Waals surface area contributed by atoms with Gasteiger partial charge in [-0.25, -0.2) is 4.99 Å². The van der Waals surface area contributed by atoms with Crippen LogP contribution in [-0.2, 0) is 4.79 Å². The fourth-order valence-corrected chi connectivity index (χ4v) is 0.148. The number of hydrogen-bond acceptors (Lipinski definition) is 1. The Labute approximate surface area is 36.9 Å². The SMILES string of the molecule is CC/C=N/C=O. The van der Waals surface area contributed by atoms with E-state index in [2.05, 4.69) is 4.99 Å². The molecule has 0 saturated carbocycles. The minimum atomic E-state index is 0.531. The van der Waals surface area contributed by atoms with Crippen LogP contribution in [0.25, 0.3) is 0 Å². The first-order chi connectivity index (χ1) is 2.91. The summed E-state index contributed by atoms with van der Waals surface area (Å²) in [6.07, 6.45) is 2.93. The molecule has 0 aromatic carbocycles.